The van der Waals surface area contributed by atoms with Crippen LogP contribution in [0.3, 0.4) is 0 Å². The fourth-order valence-corrected chi connectivity index (χ4v) is 3.11. The number of carboxylic acid groups (broad SMARTS) is 1. The van der Waals surface area contributed by atoms with E-state index in [1.165, 1.54) is 0 Å². The van der Waals surface area contributed by atoms with Crippen LogP contribution in [-0.4, -0.2) is 34.5 Å². The van der Waals surface area contributed by atoms with E-state index in [4.69, 9.17) is 9.84 Å². The molecule has 0 amide bonds. The summed E-state index contributed by atoms with van der Waals surface area (Å²) in [6.45, 7) is 3.38. The molecule has 0 aromatic heterocycles. The van der Waals surface area contributed by atoms with Crippen molar-refractivity contribution in [3.8, 4) is 0 Å². The van der Waals surface area contributed by atoms with Crippen LogP contribution in [0.15, 0.2) is 11.6 Å². The smallest absolute Gasteiger partial charge is 0.331 e. The van der Waals surface area contributed by atoms with Gasteiger partial charge in [-0.3, -0.25) is 0 Å². The van der Waals surface area contributed by atoms with Gasteiger partial charge in [0, 0.05) is 5.57 Å². The molecule has 5 unspecified atom stereocenters. The molecule has 5 atom stereocenters. The van der Waals surface area contributed by atoms with E-state index >= 15 is 0 Å². The second-order valence-electron chi connectivity index (χ2n) is 5.28. The molecule has 2 N–H and O–H groups in total. The van der Waals surface area contributed by atoms with Crippen LogP contribution in [-0.2, 0) is 9.53 Å². The van der Waals surface area contributed by atoms with Crippen LogP contribution in [0.5, 0.6) is 0 Å². The number of carbonyl (C=O) groups is 1. The van der Waals surface area contributed by atoms with Crippen LogP contribution in [0.1, 0.15) is 33.1 Å². The first-order valence-electron chi connectivity index (χ1n) is 6.24. The predicted molar refractivity (Wildman–Crippen MR) is 62.6 cm³/mol. The van der Waals surface area contributed by atoms with Crippen LogP contribution in [0, 0.1) is 11.8 Å². The second kappa shape index (κ2) is 4.78. The first-order chi connectivity index (χ1) is 7.99. The Kier molecular flexibility index (Phi) is 3.54. The van der Waals surface area contributed by atoms with Gasteiger partial charge in [0.1, 0.15) is 0 Å². The normalized spacial score (nSPS) is 38.4. The number of ether oxygens (including phenoxy) is 1. The highest BCUT2D eigenvalue weighted by molar-refractivity contribution is 5.85. The third-order valence-electron chi connectivity index (χ3n) is 3.99. The molecule has 96 valence electrons. The number of aliphatic hydroxyl groups excluding tert-OH is 1. The summed E-state index contributed by atoms with van der Waals surface area (Å²) in [4.78, 5) is 10.7. The maximum Gasteiger partial charge on any atom is 0.331 e. The van der Waals surface area contributed by atoms with Crippen molar-refractivity contribution in [3.05, 3.63) is 11.6 Å². The zero-order chi connectivity index (χ0) is 12.6. The van der Waals surface area contributed by atoms with E-state index in [0.29, 0.717) is 11.8 Å². The molecule has 2 bridgehead atoms. The first kappa shape index (κ1) is 12.6. The largest absolute Gasteiger partial charge is 0.478 e. The van der Waals surface area contributed by atoms with Crippen molar-refractivity contribution in [1.29, 1.82) is 0 Å². The fraction of sp³-hybridized carbons (Fsp3) is 0.769. The Morgan fingerprint density at radius 2 is 2.06 bits per heavy atom. The van der Waals surface area contributed by atoms with Crippen molar-refractivity contribution < 1.29 is 19.7 Å². The number of hydrogen-bond acceptors (Lipinski definition) is 3. The molecular weight excluding hydrogens is 220 g/mol. The van der Waals surface area contributed by atoms with Gasteiger partial charge in [0.2, 0.25) is 0 Å². The van der Waals surface area contributed by atoms with Gasteiger partial charge in [-0.1, -0.05) is 0 Å². The number of carboxylic acids is 1. The lowest BCUT2D eigenvalue weighted by atomic mass is 9.94. The van der Waals surface area contributed by atoms with Gasteiger partial charge >= 0.3 is 5.97 Å². The average molecular weight is 240 g/mol. The quantitative estimate of drug-likeness (QED) is 0.732. The minimum Gasteiger partial charge on any atom is -0.478 e. The lowest BCUT2D eigenvalue weighted by Gasteiger charge is -2.29. The lowest BCUT2D eigenvalue weighted by Crippen LogP contribution is -2.36. The summed E-state index contributed by atoms with van der Waals surface area (Å²) >= 11 is 0. The highest BCUT2D eigenvalue weighted by Gasteiger charge is 2.47. The van der Waals surface area contributed by atoms with Crippen molar-refractivity contribution in [2.24, 2.45) is 11.8 Å². The molecule has 4 nitrogen and oxygen atoms in total. The lowest BCUT2D eigenvalue weighted by molar-refractivity contribution is -0.132. The van der Waals surface area contributed by atoms with Gasteiger partial charge in [0.15, 0.2) is 0 Å². The molecule has 2 aliphatic rings. The maximum atomic E-state index is 10.7. The molecule has 0 aliphatic heterocycles. The van der Waals surface area contributed by atoms with Gasteiger partial charge < -0.3 is 14.9 Å². The van der Waals surface area contributed by atoms with Crippen molar-refractivity contribution in [2.45, 2.75) is 51.4 Å². The Morgan fingerprint density at radius 3 is 2.59 bits per heavy atom. The number of fused-ring (bicyclic) bond motifs is 2. The zero-order valence-corrected chi connectivity index (χ0v) is 10.3. The van der Waals surface area contributed by atoms with Crippen molar-refractivity contribution >= 4 is 5.97 Å². The van der Waals surface area contributed by atoms with Crippen molar-refractivity contribution in [2.75, 3.05) is 0 Å². The molecule has 17 heavy (non-hydrogen) atoms. The predicted octanol–water partition coefficient (Wildman–Crippen LogP) is 1.58. The van der Waals surface area contributed by atoms with E-state index in [2.05, 4.69) is 0 Å². The summed E-state index contributed by atoms with van der Waals surface area (Å²) < 4.78 is 5.79. The van der Waals surface area contributed by atoms with E-state index in [1.807, 2.05) is 6.92 Å². The average Bonchev–Trinajstić information content (AvgIpc) is 2.82. The molecule has 0 radical (unpaired) electrons. The first-order valence-corrected chi connectivity index (χ1v) is 6.24. The number of rotatable bonds is 4. The van der Waals surface area contributed by atoms with E-state index in [1.54, 1.807) is 13.0 Å². The minimum absolute atomic E-state index is 0.110. The van der Waals surface area contributed by atoms with Crippen LogP contribution >= 0.6 is 0 Å². The molecule has 2 saturated carbocycles. The Bertz CT molecular complexity index is 334. The Labute approximate surface area is 101 Å². The number of aliphatic hydroxyl groups is 1. The fourth-order valence-electron chi connectivity index (χ4n) is 3.11. The van der Waals surface area contributed by atoms with E-state index in [-0.39, 0.29) is 23.9 Å². The van der Waals surface area contributed by atoms with Crippen molar-refractivity contribution in [3.63, 3.8) is 0 Å². The SMILES string of the molecule is CC(=CC(C)OC1C2CCC(C2)C1O)C(=O)O. The molecule has 0 saturated heterocycles. The molecular formula is C13H20O4. The molecule has 2 aliphatic carbocycles. The van der Waals surface area contributed by atoms with Gasteiger partial charge in [-0.15, -0.1) is 0 Å². The van der Waals surface area contributed by atoms with Crippen LogP contribution in [0.4, 0.5) is 0 Å². The topological polar surface area (TPSA) is 66.8 Å². The minimum atomic E-state index is -0.922. The summed E-state index contributed by atoms with van der Waals surface area (Å²) in [6.07, 6.45) is 4.15. The third kappa shape index (κ3) is 2.53. The van der Waals surface area contributed by atoms with E-state index in [9.17, 15) is 9.90 Å². The maximum absolute atomic E-state index is 10.7. The Balaban J connectivity index is 1.93. The van der Waals surface area contributed by atoms with Gasteiger partial charge in [-0.25, -0.2) is 4.79 Å². The Hall–Kier alpha value is -0.870. The van der Waals surface area contributed by atoms with E-state index in [0.717, 1.165) is 19.3 Å². The summed E-state index contributed by atoms with van der Waals surface area (Å²) in [5.74, 6) is -0.0772. The molecule has 0 aromatic carbocycles. The monoisotopic (exact) mass is 240 g/mol. The van der Waals surface area contributed by atoms with Crippen LogP contribution in [0.25, 0.3) is 0 Å². The molecule has 0 aromatic rings. The molecule has 2 fully saturated rings. The molecule has 0 spiro atoms. The van der Waals surface area contributed by atoms with Gasteiger partial charge in [0.25, 0.3) is 0 Å². The summed E-state index contributed by atoms with van der Waals surface area (Å²) in [7, 11) is 0. The summed E-state index contributed by atoms with van der Waals surface area (Å²) in [5, 5.41) is 18.8. The highest BCUT2D eigenvalue weighted by Crippen LogP contribution is 2.46. The van der Waals surface area contributed by atoms with Crippen LogP contribution in [0.2, 0.25) is 0 Å². The number of hydrogen-bond donors (Lipinski definition) is 2. The van der Waals surface area contributed by atoms with Gasteiger partial charge in [-0.2, -0.15) is 0 Å². The summed E-state index contributed by atoms with van der Waals surface area (Å²) in [6, 6.07) is 0. The van der Waals surface area contributed by atoms with Gasteiger partial charge in [-0.05, 0) is 51.0 Å². The zero-order valence-electron chi connectivity index (χ0n) is 10.3. The Morgan fingerprint density at radius 1 is 1.41 bits per heavy atom. The summed E-state index contributed by atoms with van der Waals surface area (Å²) in [5.41, 5.74) is 0.287. The van der Waals surface area contributed by atoms with Gasteiger partial charge in [0.05, 0.1) is 18.3 Å². The standard InChI is InChI=1S/C13H20O4/c1-7(13(15)16)5-8(2)17-12-10-4-3-9(6-10)11(12)14/h5,8-12,14H,3-4,6H2,1-2H3,(H,15,16). The van der Waals surface area contributed by atoms with E-state index < -0.39 is 5.97 Å². The van der Waals surface area contributed by atoms with Crippen LogP contribution < -0.4 is 0 Å². The number of aliphatic carboxylic acids is 1. The molecule has 2 rings (SSSR count). The third-order valence-corrected chi connectivity index (χ3v) is 3.99. The molecule has 0 heterocycles. The second-order valence-corrected chi connectivity index (χ2v) is 5.28. The molecule has 4 heteroatoms. The van der Waals surface area contributed by atoms with Crippen molar-refractivity contribution in [1.82, 2.24) is 0 Å². The highest BCUT2D eigenvalue weighted by atomic mass is 16.5.